The van der Waals surface area contributed by atoms with Gasteiger partial charge in [0.05, 0.1) is 12.5 Å². The van der Waals surface area contributed by atoms with E-state index in [1.165, 1.54) is 0 Å². The molecule has 1 fully saturated rings. The number of rotatable bonds is 5. The fraction of sp³-hybridized carbons (Fsp3) is 0.611. The van der Waals surface area contributed by atoms with E-state index in [0.29, 0.717) is 18.8 Å². The Kier molecular flexibility index (Phi) is 4.31. The summed E-state index contributed by atoms with van der Waals surface area (Å²) < 4.78 is 5.70. The first-order chi connectivity index (χ1) is 9.85. The van der Waals surface area contributed by atoms with Crippen LogP contribution in [0.1, 0.15) is 75.5 Å². The molecule has 3 heteroatoms. The second kappa shape index (κ2) is 5.70. The van der Waals surface area contributed by atoms with E-state index in [0.717, 1.165) is 28.9 Å². The predicted molar refractivity (Wildman–Crippen MR) is 84.3 cm³/mol. The molecule has 0 spiro atoms. The first-order valence-corrected chi connectivity index (χ1v) is 7.79. The summed E-state index contributed by atoms with van der Waals surface area (Å²) in [4.78, 5) is 12.0. The third-order valence-corrected chi connectivity index (χ3v) is 4.76. The summed E-state index contributed by atoms with van der Waals surface area (Å²) in [6.07, 6.45) is 2.39. The highest BCUT2D eigenvalue weighted by atomic mass is 16.5. The average molecular weight is 290 g/mol. The lowest BCUT2D eigenvalue weighted by molar-refractivity contribution is -0.147. The van der Waals surface area contributed by atoms with E-state index in [-0.39, 0.29) is 5.92 Å². The normalized spacial score (nSPS) is 16.9. The monoisotopic (exact) mass is 290 g/mol. The maximum absolute atomic E-state index is 12.0. The van der Waals surface area contributed by atoms with Gasteiger partial charge in [-0.2, -0.15) is 0 Å². The molecule has 3 nitrogen and oxygen atoms in total. The summed E-state index contributed by atoms with van der Waals surface area (Å²) in [7, 11) is 1.66. The second-order valence-electron chi connectivity index (χ2n) is 6.70. The molecule has 1 aliphatic carbocycles. The lowest BCUT2D eigenvalue weighted by Gasteiger charge is -2.41. The molecule has 1 N–H and O–H groups in total. The molecule has 0 unspecified atom stereocenters. The molecule has 2 rings (SSSR count). The molecule has 0 saturated heterocycles. The highest BCUT2D eigenvalue weighted by Crippen LogP contribution is 2.51. The molecule has 1 saturated carbocycles. The second-order valence-corrected chi connectivity index (χ2v) is 6.70. The van der Waals surface area contributed by atoms with Gasteiger partial charge in [-0.1, -0.05) is 46.2 Å². The smallest absolute Gasteiger partial charge is 0.314 e. The summed E-state index contributed by atoms with van der Waals surface area (Å²) in [5.74, 6) is 0.672. The highest BCUT2D eigenvalue weighted by Gasteiger charge is 2.49. The molecule has 1 aromatic rings. The van der Waals surface area contributed by atoms with Crippen LogP contribution >= 0.6 is 0 Å². The molecule has 0 atom stereocenters. The first-order valence-electron chi connectivity index (χ1n) is 7.79. The molecule has 0 bridgehead atoms. The van der Waals surface area contributed by atoms with Gasteiger partial charge in [0.25, 0.3) is 0 Å². The van der Waals surface area contributed by atoms with Crippen LogP contribution in [0.5, 0.6) is 5.75 Å². The fourth-order valence-electron chi connectivity index (χ4n) is 3.36. The fourth-order valence-corrected chi connectivity index (χ4v) is 3.36. The third kappa shape index (κ3) is 2.43. The number of carboxylic acids is 1. The largest absolute Gasteiger partial charge is 0.496 e. The van der Waals surface area contributed by atoms with Crippen molar-refractivity contribution in [3.05, 3.63) is 28.8 Å². The maximum atomic E-state index is 12.0. The quantitative estimate of drug-likeness (QED) is 0.871. The maximum Gasteiger partial charge on any atom is 0.314 e. The van der Waals surface area contributed by atoms with E-state index in [4.69, 9.17) is 4.74 Å². The minimum Gasteiger partial charge on any atom is -0.496 e. The van der Waals surface area contributed by atoms with Crippen molar-refractivity contribution in [1.82, 2.24) is 0 Å². The van der Waals surface area contributed by atoms with Crippen molar-refractivity contribution in [2.75, 3.05) is 7.11 Å². The van der Waals surface area contributed by atoms with Crippen molar-refractivity contribution in [2.24, 2.45) is 0 Å². The predicted octanol–water partition coefficient (Wildman–Crippen LogP) is 4.45. The van der Waals surface area contributed by atoms with Crippen LogP contribution in [-0.2, 0) is 10.2 Å². The standard InChI is InChI=1S/C18H26O3/c1-11(2)13-7-8-14(12(3)4)16(21-5)15(13)18(17(19)20)9-6-10-18/h7-8,11-12H,6,9-10H2,1-5H3,(H,19,20). The van der Waals surface area contributed by atoms with Crippen molar-refractivity contribution in [3.63, 3.8) is 0 Å². The van der Waals surface area contributed by atoms with Gasteiger partial charge in [0.15, 0.2) is 0 Å². The number of benzene rings is 1. The zero-order chi connectivity index (χ0) is 15.8. The van der Waals surface area contributed by atoms with Gasteiger partial charge in [0, 0.05) is 5.56 Å². The van der Waals surface area contributed by atoms with E-state index in [2.05, 4.69) is 39.8 Å². The van der Waals surface area contributed by atoms with Crippen molar-refractivity contribution >= 4 is 5.97 Å². The average Bonchev–Trinajstić information content (AvgIpc) is 2.35. The number of carboxylic acid groups (broad SMARTS) is 1. The van der Waals surface area contributed by atoms with E-state index >= 15 is 0 Å². The summed E-state index contributed by atoms with van der Waals surface area (Å²) in [6, 6.07) is 4.19. The Hall–Kier alpha value is -1.51. The van der Waals surface area contributed by atoms with Crippen LogP contribution in [0.15, 0.2) is 12.1 Å². The zero-order valence-electron chi connectivity index (χ0n) is 13.7. The van der Waals surface area contributed by atoms with Gasteiger partial charge < -0.3 is 9.84 Å². The van der Waals surface area contributed by atoms with Crippen molar-refractivity contribution in [3.8, 4) is 5.75 Å². The minimum absolute atomic E-state index is 0.284. The van der Waals surface area contributed by atoms with Gasteiger partial charge in [-0.25, -0.2) is 0 Å². The summed E-state index contributed by atoms with van der Waals surface area (Å²) in [6.45, 7) is 8.46. The van der Waals surface area contributed by atoms with Crippen LogP contribution < -0.4 is 4.74 Å². The lowest BCUT2D eigenvalue weighted by atomic mass is 9.61. The van der Waals surface area contributed by atoms with Crippen molar-refractivity contribution in [2.45, 2.75) is 64.2 Å². The highest BCUT2D eigenvalue weighted by molar-refractivity contribution is 5.85. The topological polar surface area (TPSA) is 46.5 Å². The van der Waals surface area contributed by atoms with Crippen LogP contribution in [0, 0.1) is 0 Å². The molecule has 116 valence electrons. The Morgan fingerprint density at radius 3 is 2.00 bits per heavy atom. The van der Waals surface area contributed by atoms with Crippen LogP contribution in [0.2, 0.25) is 0 Å². The zero-order valence-corrected chi connectivity index (χ0v) is 13.7. The van der Waals surface area contributed by atoms with E-state index in [1.807, 2.05) is 0 Å². The molecule has 0 aliphatic heterocycles. The number of ether oxygens (including phenoxy) is 1. The Morgan fingerprint density at radius 1 is 1.14 bits per heavy atom. The molecule has 21 heavy (non-hydrogen) atoms. The summed E-state index contributed by atoms with van der Waals surface area (Å²) in [5, 5.41) is 9.84. The molecule has 1 aromatic carbocycles. The van der Waals surface area contributed by atoms with E-state index in [9.17, 15) is 9.90 Å². The van der Waals surface area contributed by atoms with Gasteiger partial charge >= 0.3 is 5.97 Å². The SMILES string of the molecule is COc1c(C(C)C)ccc(C(C)C)c1C1(C(=O)O)CCC1. The Bertz CT molecular complexity index is 540. The number of hydrogen-bond donors (Lipinski definition) is 1. The molecule has 1 aliphatic rings. The first kappa shape index (κ1) is 15.9. The summed E-state index contributed by atoms with van der Waals surface area (Å²) in [5.41, 5.74) is 2.38. The minimum atomic E-state index is -0.754. The number of aliphatic carboxylic acids is 1. The summed E-state index contributed by atoms with van der Waals surface area (Å²) >= 11 is 0. The van der Waals surface area contributed by atoms with Crippen LogP contribution in [0.4, 0.5) is 0 Å². The van der Waals surface area contributed by atoms with E-state index in [1.54, 1.807) is 7.11 Å². The Balaban J connectivity index is 2.76. The van der Waals surface area contributed by atoms with Crippen LogP contribution in [0.3, 0.4) is 0 Å². The molecular weight excluding hydrogens is 264 g/mol. The Morgan fingerprint density at radius 2 is 1.67 bits per heavy atom. The van der Waals surface area contributed by atoms with Crippen molar-refractivity contribution < 1.29 is 14.6 Å². The van der Waals surface area contributed by atoms with Crippen molar-refractivity contribution in [1.29, 1.82) is 0 Å². The number of carbonyl (C=O) groups is 1. The number of hydrogen-bond acceptors (Lipinski definition) is 2. The Labute approximate surface area is 127 Å². The molecule has 0 radical (unpaired) electrons. The van der Waals surface area contributed by atoms with Gasteiger partial charge in [-0.15, -0.1) is 0 Å². The van der Waals surface area contributed by atoms with Gasteiger partial charge in [-0.05, 0) is 35.8 Å². The van der Waals surface area contributed by atoms with Gasteiger partial charge in [-0.3, -0.25) is 4.79 Å². The molecule has 0 amide bonds. The van der Waals surface area contributed by atoms with Crippen LogP contribution in [-0.4, -0.2) is 18.2 Å². The van der Waals surface area contributed by atoms with Crippen LogP contribution in [0.25, 0.3) is 0 Å². The molecule has 0 aromatic heterocycles. The lowest BCUT2D eigenvalue weighted by Crippen LogP contribution is -2.43. The molecule has 0 heterocycles. The number of methoxy groups -OCH3 is 1. The molecular formula is C18H26O3. The van der Waals surface area contributed by atoms with E-state index < -0.39 is 11.4 Å². The third-order valence-electron chi connectivity index (χ3n) is 4.76. The van der Waals surface area contributed by atoms with Gasteiger partial charge in [0.2, 0.25) is 0 Å². The van der Waals surface area contributed by atoms with Gasteiger partial charge in [0.1, 0.15) is 5.75 Å².